The predicted molar refractivity (Wildman–Crippen MR) is 100 cm³/mol. The third-order valence-corrected chi connectivity index (χ3v) is 5.51. The first-order chi connectivity index (χ1) is 12.5. The maximum Gasteiger partial charge on any atom is 0.243 e. The molecule has 0 radical (unpaired) electrons. The largest absolute Gasteiger partial charge is 0.497 e. The highest BCUT2D eigenvalue weighted by Gasteiger charge is 2.25. The second-order valence-corrected chi connectivity index (χ2v) is 7.46. The van der Waals surface area contributed by atoms with Gasteiger partial charge in [-0.1, -0.05) is 36.4 Å². The van der Waals surface area contributed by atoms with E-state index in [1.54, 1.807) is 12.1 Å². The van der Waals surface area contributed by atoms with E-state index in [0.717, 1.165) is 9.87 Å². The molecule has 0 fully saturated rings. The first kappa shape index (κ1) is 19.7. The lowest BCUT2D eigenvalue weighted by molar-refractivity contribution is -0.121. The molecule has 0 aliphatic carbocycles. The summed E-state index contributed by atoms with van der Waals surface area (Å²) in [6, 6.07) is 15.4. The van der Waals surface area contributed by atoms with Gasteiger partial charge in [-0.05, 0) is 29.8 Å². The zero-order chi connectivity index (χ0) is 19.0. The van der Waals surface area contributed by atoms with Gasteiger partial charge >= 0.3 is 0 Å². The summed E-state index contributed by atoms with van der Waals surface area (Å²) in [4.78, 5) is 12.3. The smallest absolute Gasteiger partial charge is 0.243 e. The lowest BCUT2D eigenvalue weighted by Gasteiger charge is -2.20. The molecule has 0 heterocycles. The standard InChI is InChI=1S/C19H22N2O4S/c1-3-13-21(15-19(22)20-14-16-7-5-4-6-8-16)26(23,24)18-11-9-17(25-2)10-12-18/h3-12H,1,13-15H2,2H3,(H,20,22). The maximum absolute atomic E-state index is 12.8. The summed E-state index contributed by atoms with van der Waals surface area (Å²) in [7, 11) is -2.32. The Kier molecular flexibility index (Phi) is 6.94. The Morgan fingerprint density at radius 1 is 1.15 bits per heavy atom. The molecule has 0 unspecified atom stereocenters. The van der Waals surface area contributed by atoms with Crippen LogP contribution in [0.4, 0.5) is 0 Å². The average Bonchev–Trinajstić information content (AvgIpc) is 2.67. The number of amides is 1. The molecular weight excluding hydrogens is 352 g/mol. The third kappa shape index (κ3) is 5.18. The number of benzene rings is 2. The Labute approximate surface area is 154 Å². The number of nitrogens with zero attached hydrogens (tertiary/aromatic N) is 1. The van der Waals surface area contributed by atoms with Gasteiger partial charge in [-0.15, -0.1) is 6.58 Å². The quantitative estimate of drug-likeness (QED) is 0.683. The number of nitrogens with one attached hydrogen (secondary N) is 1. The zero-order valence-corrected chi connectivity index (χ0v) is 15.4. The molecule has 2 rings (SSSR count). The summed E-state index contributed by atoms with van der Waals surface area (Å²) in [5.74, 6) is 0.174. The van der Waals surface area contributed by atoms with Gasteiger partial charge in [-0.3, -0.25) is 4.79 Å². The fourth-order valence-electron chi connectivity index (χ4n) is 2.30. The molecule has 1 N–H and O–H groups in total. The van der Waals surface area contributed by atoms with Gasteiger partial charge in [0.1, 0.15) is 5.75 Å². The van der Waals surface area contributed by atoms with Crippen LogP contribution in [0, 0.1) is 0 Å². The van der Waals surface area contributed by atoms with Crippen LogP contribution in [0.5, 0.6) is 5.75 Å². The Morgan fingerprint density at radius 2 is 1.81 bits per heavy atom. The van der Waals surface area contributed by atoms with Crippen LogP contribution in [0.15, 0.2) is 72.1 Å². The first-order valence-corrected chi connectivity index (χ1v) is 9.47. The minimum atomic E-state index is -3.82. The molecule has 0 atom stereocenters. The molecule has 1 amide bonds. The number of hydrogen-bond donors (Lipinski definition) is 1. The van der Waals surface area contributed by atoms with Crippen molar-refractivity contribution >= 4 is 15.9 Å². The van der Waals surface area contributed by atoms with E-state index in [0.29, 0.717) is 12.3 Å². The minimum Gasteiger partial charge on any atom is -0.497 e. The van der Waals surface area contributed by atoms with Crippen molar-refractivity contribution in [2.24, 2.45) is 0 Å². The van der Waals surface area contributed by atoms with Gasteiger partial charge in [0.25, 0.3) is 0 Å². The van der Waals surface area contributed by atoms with Crippen LogP contribution in [0.1, 0.15) is 5.56 Å². The Balaban J connectivity index is 2.08. The van der Waals surface area contributed by atoms with E-state index in [2.05, 4.69) is 11.9 Å². The monoisotopic (exact) mass is 374 g/mol. The Hall–Kier alpha value is -2.64. The van der Waals surface area contributed by atoms with E-state index < -0.39 is 10.0 Å². The zero-order valence-electron chi connectivity index (χ0n) is 14.6. The van der Waals surface area contributed by atoms with Crippen molar-refractivity contribution in [3.63, 3.8) is 0 Å². The maximum atomic E-state index is 12.8. The number of hydrogen-bond acceptors (Lipinski definition) is 4. The van der Waals surface area contributed by atoms with E-state index in [-0.39, 0.29) is 23.9 Å². The molecule has 6 nitrogen and oxygen atoms in total. The second kappa shape index (κ2) is 9.17. The Morgan fingerprint density at radius 3 is 2.38 bits per heavy atom. The summed E-state index contributed by atoms with van der Waals surface area (Å²) < 4.78 is 31.7. The van der Waals surface area contributed by atoms with Crippen molar-refractivity contribution in [3.05, 3.63) is 72.8 Å². The molecule has 0 aliphatic rings. The van der Waals surface area contributed by atoms with Crippen molar-refractivity contribution in [2.75, 3.05) is 20.2 Å². The first-order valence-electron chi connectivity index (χ1n) is 8.03. The predicted octanol–water partition coefficient (Wildman–Crippen LogP) is 2.19. The van der Waals surface area contributed by atoms with Gasteiger partial charge in [-0.25, -0.2) is 8.42 Å². The van der Waals surface area contributed by atoms with Crippen LogP contribution in [-0.4, -0.2) is 38.8 Å². The van der Waals surface area contributed by atoms with E-state index in [1.807, 2.05) is 30.3 Å². The lowest BCUT2D eigenvalue weighted by Crippen LogP contribution is -2.40. The Bertz CT molecular complexity index is 834. The molecular formula is C19H22N2O4S. The number of carbonyl (C=O) groups excluding carboxylic acids is 1. The SMILES string of the molecule is C=CCN(CC(=O)NCc1ccccc1)S(=O)(=O)c1ccc(OC)cc1. The van der Waals surface area contributed by atoms with Gasteiger partial charge in [0.2, 0.25) is 15.9 Å². The average molecular weight is 374 g/mol. The van der Waals surface area contributed by atoms with Crippen LogP contribution < -0.4 is 10.1 Å². The number of rotatable bonds is 9. The molecule has 2 aromatic carbocycles. The summed E-state index contributed by atoms with van der Waals surface area (Å²) in [6.45, 7) is 3.67. The van der Waals surface area contributed by atoms with Crippen LogP contribution in [0.2, 0.25) is 0 Å². The normalized spacial score (nSPS) is 11.2. The molecule has 0 bridgehead atoms. The summed E-state index contributed by atoms with van der Waals surface area (Å²) in [6.07, 6.45) is 1.45. The summed E-state index contributed by atoms with van der Waals surface area (Å²) >= 11 is 0. The van der Waals surface area contributed by atoms with E-state index >= 15 is 0 Å². The highest BCUT2D eigenvalue weighted by Crippen LogP contribution is 2.19. The van der Waals surface area contributed by atoms with Crippen LogP contribution in [0.3, 0.4) is 0 Å². The second-order valence-electron chi connectivity index (χ2n) is 5.52. The molecule has 7 heteroatoms. The van der Waals surface area contributed by atoms with E-state index in [9.17, 15) is 13.2 Å². The van der Waals surface area contributed by atoms with Crippen molar-refractivity contribution in [1.29, 1.82) is 0 Å². The molecule has 0 aromatic heterocycles. The number of methoxy groups -OCH3 is 1. The molecule has 0 saturated heterocycles. The highest BCUT2D eigenvalue weighted by molar-refractivity contribution is 7.89. The van der Waals surface area contributed by atoms with Crippen molar-refractivity contribution in [1.82, 2.24) is 9.62 Å². The fourth-order valence-corrected chi connectivity index (χ4v) is 3.67. The van der Waals surface area contributed by atoms with Gasteiger partial charge in [0.15, 0.2) is 0 Å². The number of carbonyl (C=O) groups is 1. The molecule has 0 saturated carbocycles. The molecule has 2 aromatic rings. The number of sulfonamides is 1. The topological polar surface area (TPSA) is 75.7 Å². The van der Waals surface area contributed by atoms with Crippen LogP contribution in [0.25, 0.3) is 0 Å². The minimum absolute atomic E-state index is 0.0348. The highest BCUT2D eigenvalue weighted by atomic mass is 32.2. The van der Waals surface area contributed by atoms with Gasteiger partial charge < -0.3 is 10.1 Å². The van der Waals surface area contributed by atoms with Gasteiger partial charge in [0.05, 0.1) is 18.6 Å². The van der Waals surface area contributed by atoms with Crippen LogP contribution in [-0.2, 0) is 21.4 Å². The molecule has 0 spiro atoms. The van der Waals surface area contributed by atoms with Crippen LogP contribution >= 0.6 is 0 Å². The van der Waals surface area contributed by atoms with Crippen molar-refractivity contribution in [3.8, 4) is 5.75 Å². The van der Waals surface area contributed by atoms with Gasteiger partial charge in [-0.2, -0.15) is 4.31 Å². The summed E-state index contributed by atoms with van der Waals surface area (Å²) in [5, 5.41) is 2.73. The van der Waals surface area contributed by atoms with Crippen molar-refractivity contribution in [2.45, 2.75) is 11.4 Å². The fraction of sp³-hybridized carbons (Fsp3) is 0.211. The third-order valence-electron chi connectivity index (χ3n) is 3.68. The lowest BCUT2D eigenvalue weighted by atomic mass is 10.2. The van der Waals surface area contributed by atoms with Crippen molar-refractivity contribution < 1.29 is 17.9 Å². The molecule has 0 aliphatic heterocycles. The molecule has 138 valence electrons. The number of ether oxygens (including phenoxy) is 1. The van der Waals surface area contributed by atoms with E-state index in [1.165, 1.54) is 25.3 Å². The van der Waals surface area contributed by atoms with Gasteiger partial charge in [0, 0.05) is 13.1 Å². The molecule has 26 heavy (non-hydrogen) atoms. The summed E-state index contributed by atoms with van der Waals surface area (Å²) in [5.41, 5.74) is 0.939. The van der Waals surface area contributed by atoms with E-state index in [4.69, 9.17) is 4.74 Å².